The van der Waals surface area contributed by atoms with E-state index in [2.05, 4.69) is 46.1 Å². The van der Waals surface area contributed by atoms with Crippen LogP contribution in [0, 0.1) is 5.41 Å². The molecular weight excluding hydrogens is 523 g/mol. The molecule has 1 saturated heterocycles. The van der Waals surface area contributed by atoms with E-state index in [9.17, 15) is 8.42 Å². The van der Waals surface area contributed by atoms with Crippen molar-refractivity contribution in [2.24, 2.45) is 10.4 Å². The molecule has 166 valence electrons. The van der Waals surface area contributed by atoms with E-state index in [-0.39, 0.29) is 35.1 Å². The van der Waals surface area contributed by atoms with Crippen molar-refractivity contribution >= 4 is 51.4 Å². The molecule has 6 nitrogen and oxygen atoms in total. The monoisotopic (exact) mass is 556 g/mol. The van der Waals surface area contributed by atoms with Gasteiger partial charge in [-0.3, -0.25) is 9.89 Å². The molecule has 0 spiro atoms. The summed E-state index contributed by atoms with van der Waals surface area (Å²) in [4.78, 5) is 9.12. The molecule has 0 radical (unpaired) electrons. The number of hydrogen-bond donors (Lipinski definition) is 1. The van der Waals surface area contributed by atoms with Gasteiger partial charge in [-0.05, 0) is 29.5 Å². The van der Waals surface area contributed by atoms with Gasteiger partial charge in [-0.15, -0.1) is 24.0 Å². The highest BCUT2D eigenvalue weighted by atomic mass is 127. The van der Waals surface area contributed by atoms with E-state index in [0.29, 0.717) is 13.0 Å². The largest absolute Gasteiger partial charge is 0.356 e. The number of aliphatic imine (C=N–C) groups is 1. The quantitative estimate of drug-likeness (QED) is 0.318. The second-order valence-corrected chi connectivity index (χ2v) is 11.0. The summed E-state index contributed by atoms with van der Waals surface area (Å²) in [6.45, 7) is 9.57. The lowest BCUT2D eigenvalue weighted by Crippen LogP contribution is -2.53. The van der Waals surface area contributed by atoms with Crippen molar-refractivity contribution in [1.29, 1.82) is 0 Å². The molecule has 1 fully saturated rings. The van der Waals surface area contributed by atoms with E-state index in [1.807, 2.05) is 12.1 Å². The highest BCUT2D eigenvalue weighted by Crippen LogP contribution is 2.20. The van der Waals surface area contributed by atoms with Crippen molar-refractivity contribution in [3.8, 4) is 0 Å². The molecule has 0 aromatic heterocycles. The molecule has 0 atom stereocenters. The fraction of sp³-hybridized carbons (Fsp3) is 0.650. The summed E-state index contributed by atoms with van der Waals surface area (Å²) in [5.74, 6) is 1.10. The third kappa shape index (κ3) is 9.85. The molecule has 0 unspecified atom stereocenters. The van der Waals surface area contributed by atoms with Crippen molar-refractivity contribution < 1.29 is 8.42 Å². The number of guanidine groups is 1. The second-order valence-electron chi connectivity index (χ2n) is 8.33. The molecule has 1 aliphatic rings. The van der Waals surface area contributed by atoms with Crippen LogP contribution < -0.4 is 5.32 Å². The molecule has 0 bridgehead atoms. The first-order valence-electron chi connectivity index (χ1n) is 9.68. The van der Waals surface area contributed by atoms with Crippen LogP contribution in [0.4, 0.5) is 0 Å². The minimum Gasteiger partial charge on any atom is -0.356 e. The maximum Gasteiger partial charge on any atom is 0.193 e. The van der Waals surface area contributed by atoms with Crippen molar-refractivity contribution in [3.63, 3.8) is 0 Å². The number of nitrogens with one attached hydrogen (secondary N) is 1. The van der Waals surface area contributed by atoms with Gasteiger partial charge in [0.1, 0.15) is 9.84 Å². The van der Waals surface area contributed by atoms with Crippen molar-refractivity contribution in [3.05, 3.63) is 34.9 Å². The SMILES string of the molecule is CN=C(NCC(C)(C)CCS(C)(=O)=O)N1CCN(Cc2ccc(Cl)cc2)CC1.I. The smallest absolute Gasteiger partial charge is 0.193 e. The Morgan fingerprint density at radius 2 is 1.76 bits per heavy atom. The Morgan fingerprint density at radius 3 is 2.28 bits per heavy atom. The van der Waals surface area contributed by atoms with Gasteiger partial charge in [0.15, 0.2) is 5.96 Å². The fourth-order valence-electron chi connectivity index (χ4n) is 3.17. The Labute approximate surface area is 198 Å². The lowest BCUT2D eigenvalue weighted by molar-refractivity contribution is 0.171. The van der Waals surface area contributed by atoms with Crippen LogP contribution in [0.15, 0.2) is 29.3 Å². The molecule has 0 saturated carbocycles. The van der Waals surface area contributed by atoms with Gasteiger partial charge in [-0.25, -0.2) is 8.42 Å². The number of piperazine rings is 1. The summed E-state index contributed by atoms with van der Waals surface area (Å²) in [5.41, 5.74) is 1.16. The van der Waals surface area contributed by atoms with Gasteiger partial charge in [0.2, 0.25) is 0 Å². The van der Waals surface area contributed by atoms with Crippen molar-refractivity contribution in [2.75, 3.05) is 51.8 Å². The number of benzene rings is 1. The van der Waals surface area contributed by atoms with Crippen LogP contribution in [-0.2, 0) is 16.4 Å². The zero-order valence-corrected chi connectivity index (χ0v) is 21.7. The van der Waals surface area contributed by atoms with E-state index in [4.69, 9.17) is 11.6 Å². The summed E-state index contributed by atoms with van der Waals surface area (Å²) in [6.07, 6.45) is 1.92. The predicted molar refractivity (Wildman–Crippen MR) is 133 cm³/mol. The van der Waals surface area contributed by atoms with Crippen LogP contribution in [0.3, 0.4) is 0 Å². The molecule has 1 aromatic rings. The first kappa shape index (κ1) is 26.5. The third-order valence-electron chi connectivity index (χ3n) is 5.08. The number of hydrogen-bond acceptors (Lipinski definition) is 4. The lowest BCUT2D eigenvalue weighted by atomic mass is 9.90. The lowest BCUT2D eigenvalue weighted by Gasteiger charge is -2.37. The maximum absolute atomic E-state index is 11.4. The summed E-state index contributed by atoms with van der Waals surface area (Å²) in [7, 11) is -1.14. The maximum atomic E-state index is 11.4. The number of sulfone groups is 1. The molecule has 2 rings (SSSR count). The second kappa shape index (κ2) is 11.7. The summed E-state index contributed by atoms with van der Waals surface area (Å²) in [5, 5.41) is 4.20. The Balaban J connectivity index is 0.00000420. The van der Waals surface area contributed by atoms with Gasteiger partial charge in [-0.1, -0.05) is 37.6 Å². The average molecular weight is 557 g/mol. The minimum absolute atomic E-state index is 0. The molecule has 1 N–H and O–H groups in total. The minimum atomic E-state index is -2.94. The Morgan fingerprint density at radius 1 is 1.17 bits per heavy atom. The normalized spacial score (nSPS) is 16.4. The number of rotatable bonds is 7. The first-order valence-corrected chi connectivity index (χ1v) is 12.1. The Hall–Kier alpha value is -0.580. The third-order valence-corrected chi connectivity index (χ3v) is 6.28. The van der Waals surface area contributed by atoms with Gasteiger partial charge < -0.3 is 10.2 Å². The first-order chi connectivity index (χ1) is 13.1. The van der Waals surface area contributed by atoms with E-state index < -0.39 is 9.84 Å². The molecule has 1 heterocycles. The van der Waals surface area contributed by atoms with E-state index in [0.717, 1.165) is 43.7 Å². The topological polar surface area (TPSA) is 65.0 Å². The Kier molecular flexibility index (Phi) is 10.7. The highest BCUT2D eigenvalue weighted by molar-refractivity contribution is 14.0. The van der Waals surface area contributed by atoms with Crippen molar-refractivity contribution in [2.45, 2.75) is 26.8 Å². The molecule has 0 aliphatic carbocycles. The molecule has 9 heteroatoms. The predicted octanol–water partition coefficient (Wildman–Crippen LogP) is 3.11. The van der Waals surface area contributed by atoms with Crippen LogP contribution in [0.25, 0.3) is 0 Å². The fourth-order valence-corrected chi connectivity index (χ4v) is 4.22. The van der Waals surface area contributed by atoms with Crippen LogP contribution in [0.1, 0.15) is 25.8 Å². The van der Waals surface area contributed by atoms with E-state index in [1.54, 1.807) is 7.05 Å². The van der Waals surface area contributed by atoms with Gasteiger partial charge >= 0.3 is 0 Å². The summed E-state index contributed by atoms with van der Waals surface area (Å²) in [6, 6.07) is 8.02. The van der Waals surface area contributed by atoms with Gasteiger partial charge in [-0.2, -0.15) is 0 Å². The van der Waals surface area contributed by atoms with Gasteiger partial charge in [0, 0.05) is 57.6 Å². The number of nitrogens with zero attached hydrogens (tertiary/aromatic N) is 3. The summed E-state index contributed by atoms with van der Waals surface area (Å²) < 4.78 is 22.9. The Bertz CT molecular complexity index is 761. The van der Waals surface area contributed by atoms with Crippen LogP contribution in [0.5, 0.6) is 0 Å². The molecule has 1 aromatic carbocycles. The number of halogens is 2. The van der Waals surface area contributed by atoms with Crippen LogP contribution in [-0.4, -0.2) is 76.0 Å². The molecular formula is C20H34ClIN4O2S. The average Bonchev–Trinajstić information content (AvgIpc) is 2.63. The van der Waals surface area contributed by atoms with E-state index in [1.165, 1.54) is 11.8 Å². The highest BCUT2D eigenvalue weighted by Gasteiger charge is 2.24. The zero-order valence-electron chi connectivity index (χ0n) is 17.8. The zero-order chi connectivity index (χ0) is 20.8. The molecule has 0 amide bonds. The standard InChI is InChI=1S/C20H33ClN4O2S.HI/c1-20(2,9-14-28(4,26)27)16-23-19(22-3)25-12-10-24(11-13-25)15-17-5-7-18(21)8-6-17;/h5-8H,9-16H2,1-4H3,(H,22,23);1H. The van der Waals surface area contributed by atoms with Crippen molar-refractivity contribution in [1.82, 2.24) is 15.1 Å². The van der Waals surface area contributed by atoms with Crippen LogP contribution in [0.2, 0.25) is 5.02 Å². The molecule has 1 aliphatic heterocycles. The van der Waals surface area contributed by atoms with Gasteiger partial charge in [0.05, 0.1) is 5.75 Å². The van der Waals surface area contributed by atoms with Crippen LogP contribution >= 0.6 is 35.6 Å². The summed E-state index contributed by atoms with van der Waals surface area (Å²) >= 11 is 5.96. The molecule has 29 heavy (non-hydrogen) atoms. The van der Waals surface area contributed by atoms with E-state index >= 15 is 0 Å². The van der Waals surface area contributed by atoms with Gasteiger partial charge in [0.25, 0.3) is 0 Å².